The van der Waals surface area contributed by atoms with Crippen molar-refractivity contribution < 1.29 is 4.39 Å². The standard InChI is InChI=1S/C16H15FN4/c1-12(19-16-4-2-3-15(17)20-16)13-5-7-14(8-6-13)21-10-9-18-11-21/h2-12H,1H3,(H,19,20). The van der Waals surface area contributed by atoms with Gasteiger partial charge in [0.15, 0.2) is 0 Å². The number of nitrogens with one attached hydrogen (secondary N) is 1. The number of anilines is 1. The smallest absolute Gasteiger partial charge is 0.214 e. The summed E-state index contributed by atoms with van der Waals surface area (Å²) in [6, 6.07) is 12.9. The van der Waals surface area contributed by atoms with Crippen LogP contribution in [0.5, 0.6) is 0 Å². The van der Waals surface area contributed by atoms with Crippen molar-refractivity contribution >= 4 is 5.82 Å². The number of imidazole rings is 1. The SMILES string of the molecule is CC(Nc1cccc(F)n1)c1ccc(-n2ccnc2)cc1. The summed E-state index contributed by atoms with van der Waals surface area (Å²) in [4.78, 5) is 7.83. The Kier molecular flexibility index (Phi) is 3.64. The van der Waals surface area contributed by atoms with Crippen LogP contribution in [0.1, 0.15) is 18.5 Å². The first-order chi connectivity index (χ1) is 10.2. The Morgan fingerprint density at radius 3 is 2.62 bits per heavy atom. The van der Waals surface area contributed by atoms with Gasteiger partial charge in [-0.2, -0.15) is 4.39 Å². The molecule has 0 radical (unpaired) electrons. The third-order valence-electron chi connectivity index (χ3n) is 3.28. The average Bonchev–Trinajstić information content (AvgIpc) is 3.01. The Labute approximate surface area is 122 Å². The summed E-state index contributed by atoms with van der Waals surface area (Å²) in [6.07, 6.45) is 5.40. The second kappa shape index (κ2) is 5.75. The van der Waals surface area contributed by atoms with Crippen LogP contribution in [0.4, 0.5) is 10.2 Å². The molecule has 0 aliphatic carbocycles. The summed E-state index contributed by atoms with van der Waals surface area (Å²) in [7, 11) is 0. The average molecular weight is 282 g/mol. The molecule has 0 fully saturated rings. The van der Waals surface area contributed by atoms with Crippen LogP contribution in [0.3, 0.4) is 0 Å². The van der Waals surface area contributed by atoms with Gasteiger partial charge in [-0.15, -0.1) is 0 Å². The lowest BCUT2D eigenvalue weighted by molar-refractivity contribution is 0.584. The van der Waals surface area contributed by atoms with Gasteiger partial charge in [0, 0.05) is 24.1 Å². The lowest BCUT2D eigenvalue weighted by atomic mass is 10.1. The first-order valence-corrected chi connectivity index (χ1v) is 6.70. The van der Waals surface area contributed by atoms with Crippen LogP contribution < -0.4 is 5.32 Å². The number of benzene rings is 1. The zero-order chi connectivity index (χ0) is 14.7. The molecular weight excluding hydrogens is 267 g/mol. The van der Waals surface area contributed by atoms with E-state index in [9.17, 15) is 4.39 Å². The van der Waals surface area contributed by atoms with E-state index in [1.165, 1.54) is 6.07 Å². The van der Waals surface area contributed by atoms with Crippen LogP contribution in [-0.4, -0.2) is 14.5 Å². The molecule has 0 bridgehead atoms. The van der Waals surface area contributed by atoms with Gasteiger partial charge in [-0.1, -0.05) is 18.2 Å². The fourth-order valence-electron chi connectivity index (χ4n) is 2.14. The normalized spacial score (nSPS) is 12.1. The number of halogens is 1. The van der Waals surface area contributed by atoms with Gasteiger partial charge in [-0.25, -0.2) is 9.97 Å². The summed E-state index contributed by atoms with van der Waals surface area (Å²) in [5.41, 5.74) is 2.15. The van der Waals surface area contributed by atoms with Crippen molar-refractivity contribution in [2.75, 3.05) is 5.32 Å². The molecule has 106 valence electrons. The molecule has 0 saturated heterocycles. The molecular formula is C16H15FN4. The summed E-state index contributed by atoms with van der Waals surface area (Å²) >= 11 is 0. The molecule has 2 heterocycles. The molecule has 2 aromatic heterocycles. The summed E-state index contributed by atoms with van der Waals surface area (Å²) in [5.74, 6) is 0.0452. The molecule has 0 spiro atoms. The highest BCUT2D eigenvalue weighted by atomic mass is 19.1. The molecule has 3 aromatic rings. The highest BCUT2D eigenvalue weighted by molar-refractivity contribution is 5.40. The fraction of sp³-hybridized carbons (Fsp3) is 0.125. The van der Waals surface area contributed by atoms with Crippen molar-refractivity contribution in [2.45, 2.75) is 13.0 Å². The highest BCUT2D eigenvalue weighted by Gasteiger charge is 2.07. The van der Waals surface area contributed by atoms with E-state index in [0.29, 0.717) is 5.82 Å². The second-order valence-electron chi connectivity index (χ2n) is 4.77. The number of hydrogen-bond acceptors (Lipinski definition) is 3. The van der Waals surface area contributed by atoms with Gasteiger partial charge in [0.1, 0.15) is 5.82 Å². The predicted molar refractivity (Wildman–Crippen MR) is 79.8 cm³/mol. The van der Waals surface area contributed by atoms with Gasteiger partial charge < -0.3 is 9.88 Å². The molecule has 5 heteroatoms. The quantitative estimate of drug-likeness (QED) is 0.744. The monoisotopic (exact) mass is 282 g/mol. The van der Waals surface area contributed by atoms with Gasteiger partial charge in [0.05, 0.1) is 6.33 Å². The molecule has 1 unspecified atom stereocenters. The Balaban J connectivity index is 1.74. The number of aromatic nitrogens is 3. The number of rotatable bonds is 4. The lowest BCUT2D eigenvalue weighted by Crippen LogP contribution is -2.08. The third kappa shape index (κ3) is 3.08. The van der Waals surface area contributed by atoms with Gasteiger partial charge in [0.25, 0.3) is 0 Å². The van der Waals surface area contributed by atoms with Crippen molar-refractivity contribution in [3.8, 4) is 5.69 Å². The number of pyridine rings is 1. The van der Waals surface area contributed by atoms with Gasteiger partial charge in [0.2, 0.25) is 5.95 Å². The molecule has 1 atom stereocenters. The minimum absolute atomic E-state index is 0.0381. The van der Waals surface area contributed by atoms with E-state index in [1.54, 1.807) is 24.7 Å². The van der Waals surface area contributed by atoms with Crippen LogP contribution in [0.2, 0.25) is 0 Å². The minimum Gasteiger partial charge on any atom is -0.363 e. The van der Waals surface area contributed by atoms with Crippen molar-refractivity contribution in [3.63, 3.8) is 0 Å². The van der Waals surface area contributed by atoms with E-state index in [2.05, 4.69) is 15.3 Å². The van der Waals surface area contributed by atoms with Crippen LogP contribution in [0.25, 0.3) is 5.69 Å². The van der Waals surface area contributed by atoms with Crippen molar-refractivity contribution in [2.24, 2.45) is 0 Å². The molecule has 0 saturated carbocycles. The van der Waals surface area contributed by atoms with Crippen LogP contribution in [-0.2, 0) is 0 Å². The zero-order valence-electron chi connectivity index (χ0n) is 11.6. The summed E-state index contributed by atoms with van der Waals surface area (Å²) in [5, 5.41) is 3.18. The minimum atomic E-state index is -0.484. The maximum atomic E-state index is 13.1. The molecule has 0 aliphatic heterocycles. The molecule has 0 aliphatic rings. The first kappa shape index (κ1) is 13.3. The van der Waals surface area contributed by atoms with E-state index in [1.807, 2.05) is 42.0 Å². The Bertz CT molecular complexity index is 707. The predicted octanol–water partition coefficient (Wildman–Crippen LogP) is 3.58. The molecule has 1 N–H and O–H groups in total. The zero-order valence-corrected chi connectivity index (χ0v) is 11.6. The van der Waals surface area contributed by atoms with E-state index < -0.39 is 5.95 Å². The largest absolute Gasteiger partial charge is 0.363 e. The Morgan fingerprint density at radius 2 is 1.95 bits per heavy atom. The number of hydrogen-bond donors (Lipinski definition) is 1. The molecule has 4 nitrogen and oxygen atoms in total. The highest BCUT2D eigenvalue weighted by Crippen LogP contribution is 2.19. The van der Waals surface area contributed by atoms with E-state index in [4.69, 9.17) is 0 Å². The van der Waals surface area contributed by atoms with Gasteiger partial charge >= 0.3 is 0 Å². The maximum absolute atomic E-state index is 13.1. The van der Waals surface area contributed by atoms with Crippen LogP contribution in [0.15, 0.2) is 61.2 Å². The van der Waals surface area contributed by atoms with Crippen molar-refractivity contribution in [1.29, 1.82) is 0 Å². The Hall–Kier alpha value is -2.69. The molecule has 1 aromatic carbocycles. The van der Waals surface area contributed by atoms with Crippen LogP contribution >= 0.6 is 0 Å². The van der Waals surface area contributed by atoms with Crippen molar-refractivity contribution in [3.05, 3.63) is 72.7 Å². The number of nitrogens with zero attached hydrogens (tertiary/aromatic N) is 3. The van der Waals surface area contributed by atoms with E-state index in [-0.39, 0.29) is 6.04 Å². The lowest BCUT2D eigenvalue weighted by Gasteiger charge is -2.15. The first-order valence-electron chi connectivity index (χ1n) is 6.70. The summed E-state index contributed by atoms with van der Waals surface area (Å²) < 4.78 is 15.0. The molecule has 0 amide bonds. The molecule has 3 rings (SSSR count). The topological polar surface area (TPSA) is 42.7 Å². The second-order valence-corrected chi connectivity index (χ2v) is 4.77. The summed E-state index contributed by atoms with van der Waals surface area (Å²) in [6.45, 7) is 2.01. The fourth-order valence-corrected chi connectivity index (χ4v) is 2.14. The van der Waals surface area contributed by atoms with E-state index >= 15 is 0 Å². The van der Waals surface area contributed by atoms with Gasteiger partial charge in [-0.3, -0.25) is 0 Å². The molecule has 21 heavy (non-hydrogen) atoms. The van der Waals surface area contributed by atoms with Crippen molar-refractivity contribution in [1.82, 2.24) is 14.5 Å². The van der Waals surface area contributed by atoms with E-state index in [0.717, 1.165) is 11.3 Å². The third-order valence-corrected chi connectivity index (χ3v) is 3.28. The van der Waals surface area contributed by atoms with Gasteiger partial charge in [-0.05, 0) is 36.8 Å². The maximum Gasteiger partial charge on any atom is 0.214 e. The Morgan fingerprint density at radius 1 is 1.14 bits per heavy atom. The van der Waals surface area contributed by atoms with Crippen LogP contribution in [0, 0.1) is 5.95 Å².